The molecule has 14 heteroatoms. The van der Waals surface area contributed by atoms with E-state index in [1.807, 2.05) is 13.0 Å². The van der Waals surface area contributed by atoms with Gasteiger partial charge in [-0.2, -0.15) is 0 Å². The largest absolute Gasteiger partial charge is 0.495 e. The third-order valence-corrected chi connectivity index (χ3v) is 9.73. The zero-order valence-corrected chi connectivity index (χ0v) is 28.7. The highest BCUT2D eigenvalue weighted by atomic mass is 35.5. The van der Waals surface area contributed by atoms with Crippen molar-refractivity contribution in [2.45, 2.75) is 44.2 Å². The predicted molar refractivity (Wildman–Crippen MR) is 185 cm³/mol. The zero-order chi connectivity index (χ0) is 35.7. The summed E-state index contributed by atoms with van der Waals surface area (Å²) in [7, 11) is -3.40. The average Bonchev–Trinajstić information content (AvgIpc) is 3.08. The van der Waals surface area contributed by atoms with E-state index >= 15 is 0 Å². The second-order valence-corrected chi connectivity index (χ2v) is 13.5. The number of anilines is 1. The third kappa shape index (κ3) is 9.12. The molecule has 0 bridgehead atoms. The van der Waals surface area contributed by atoms with Gasteiger partial charge in [0.25, 0.3) is 15.7 Å². The highest BCUT2D eigenvalue weighted by Crippen LogP contribution is 2.36. The Labute approximate surface area is 289 Å². The Morgan fingerprint density at radius 3 is 2.33 bits per heavy atom. The van der Waals surface area contributed by atoms with Crippen LogP contribution in [0, 0.1) is 22.9 Å². The van der Waals surface area contributed by atoms with Gasteiger partial charge in [-0.3, -0.25) is 24.0 Å². The van der Waals surface area contributed by atoms with Crippen molar-refractivity contribution in [3.63, 3.8) is 0 Å². The van der Waals surface area contributed by atoms with E-state index in [2.05, 4.69) is 5.32 Å². The van der Waals surface area contributed by atoms with E-state index in [-0.39, 0.29) is 35.0 Å². The second-order valence-electron chi connectivity index (χ2n) is 11.2. The van der Waals surface area contributed by atoms with Gasteiger partial charge in [-0.25, -0.2) is 12.8 Å². The molecule has 0 saturated heterocycles. The Morgan fingerprint density at radius 2 is 1.69 bits per heavy atom. The molecule has 1 atom stereocenters. The zero-order valence-electron chi connectivity index (χ0n) is 27.1. The van der Waals surface area contributed by atoms with Crippen molar-refractivity contribution in [2.24, 2.45) is 0 Å². The first kappa shape index (κ1) is 36.8. The number of nitrogens with zero attached hydrogens (tertiary/aromatic N) is 3. The molecule has 0 aliphatic heterocycles. The van der Waals surface area contributed by atoms with Gasteiger partial charge >= 0.3 is 0 Å². The topological polar surface area (TPSA) is 139 Å². The van der Waals surface area contributed by atoms with Crippen LogP contribution in [-0.2, 0) is 32.6 Å². The quantitative estimate of drug-likeness (QED) is 0.117. The molecule has 0 spiro atoms. The molecule has 0 aliphatic carbocycles. The summed E-state index contributed by atoms with van der Waals surface area (Å²) in [6.07, 6.45) is 0.708. The van der Waals surface area contributed by atoms with Gasteiger partial charge in [-0.15, -0.1) is 0 Å². The van der Waals surface area contributed by atoms with Crippen LogP contribution in [0.4, 0.5) is 15.8 Å². The highest BCUT2D eigenvalue weighted by molar-refractivity contribution is 7.92. The van der Waals surface area contributed by atoms with Crippen LogP contribution in [0.1, 0.15) is 30.0 Å². The number of carbonyl (C=O) groups is 2. The van der Waals surface area contributed by atoms with Gasteiger partial charge in [0, 0.05) is 36.2 Å². The highest BCUT2D eigenvalue weighted by Gasteiger charge is 2.36. The summed E-state index contributed by atoms with van der Waals surface area (Å²) in [5.41, 5.74) is 0.922. The van der Waals surface area contributed by atoms with E-state index in [4.69, 9.17) is 16.3 Å². The van der Waals surface area contributed by atoms with E-state index in [1.54, 1.807) is 24.3 Å². The molecule has 49 heavy (non-hydrogen) atoms. The van der Waals surface area contributed by atoms with Gasteiger partial charge in [0.2, 0.25) is 11.8 Å². The fraction of sp³-hybridized carbons (Fsp3) is 0.257. The molecule has 0 saturated carbocycles. The molecular formula is C35H36ClFN4O7S. The summed E-state index contributed by atoms with van der Waals surface area (Å²) in [5.74, 6) is -1.70. The lowest BCUT2D eigenvalue weighted by atomic mass is 10.0. The van der Waals surface area contributed by atoms with Crippen LogP contribution in [0.3, 0.4) is 0 Å². The van der Waals surface area contributed by atoms with Crippen molar-refractivity contribution < 1.29 is 32.1 Å². The number of sulfonamides is 1. The third-order valence-electron chi connectivity index (χ3n) is 7.74. The minimum Gasteiger partial charge on any atom is -0.495 e. The lowest BCUT2D eigenvalue weighted by Gasteiger charge is -2.34. The SMILES string of the molecule is CCCNC(=O)[C@H](Cc1ccccc1)N(Cc1ccc(F)cc1)C(=O)CN(c1cc(Cl)ccc1OC)S(=O)(=O)c1ccc(C)c([N+](=O)[O-])c1. The molecule has 11 nitrogen and oxygen atoms in total. The molecule has 0 fully saturated rings. The number of amides is 2. The molecule has 0 unspecified atom stereocenters. The standard InChI is InChI=1S/C35H36ClFN4O7S/c1-4-18-38-35(43)32(19-25-8-6-5-7-9-25)39(22-26-11-14-28(37)15-12-26)34(42)23-40(31-20-27(36)13-17-33(31)48-3)49(46,47)29-16-10-24(2)30(21-29)41(44)45/h5-17,20-21,32H,4,18-19,22-23H2,1-3H3,(H,38,43)/t32-/m0/s1. The Morgan fingerprint density at radius 1 is 1.00 bits per heavy atom. The summed E-state index contributed by atoms with van der Waals surface area (Å²) in [5, 5.41) is 14.7. The van der Waals surface area contributed by atoms with Gasteiger partial charge in [0.05, 0.1) is 22.6 Å². The van der Waals surface area contributed by atoms with Crippen LogP contribution in [0.2, 0.25) is 5.02 Å². The van der Waals surface area contributed by atoms with E-state index in [1.165, 1.54) is 73.5 Å². The first-order valence-electron chi connectivity index (χ1n) is 15.3. The number of methoxy groups -OCH3 is 1. The number of nitro benzene ring substituents is 1. The van der Waals surface area contributed by atoms with Gasteiger partial charge < -0.3 is 15.0 Å². The van der Waals surface area contributed by atoms with Crippen LogP contribution in [-0.4, -0.2) is 56.3 Å². The van der Waals surface area contributed by atoms with Crippen LogP contribution in [0.5, 0.6) is 5.75 Å². The lowest BCUT2D eigenvalue weighted by Crippen LogP contribution is -2.53. The summed E-state index contributed by atoms with van der Waals surface area (Å²) < 4.78 is 48.9. The Hall–Kier alpha value is -5.01. The molecule has 0 heterocycles. The fourth-order valence-electron chi connectivity index (χ4n) is 5.15. The number of nitrogens with one attached hydrogen (secondary N) is 1. The molecule has 0 aromatic heterocycles. The Balaban J connectivity index is 1.88. The second kappa shape index (κ2) is 16.4. The predicted octanol–water partition coefficient (Wildman–Crippen LogP) is 6.07. The molecular weight excluding hydrogens is 675 g/mol. The van der Waals surface area contributed by atoms with Gasteiger partial charge in [-0.1, -0.05) is 67.1 Å². The summed E-state index contributed by atoms with van der Waals surface area (Å²) in [6, 6.07) is 20.9. The van der Waals surface area contributed by atoms with Crippen molar-refractivity contribution in [3.8, 4) is 5.75 Å². The minimum absolute atomic E-state index is 0.0500. The van der Waals surface area contributed by atoms with Crippen LogP contribution in [0.25, 0.3) is 0 Å². The van der Waals surface area contributed by atoms with Crippen molar-refractivity contribution in [2.75, 3.05) is 24.5 Å². The molecule has 4 rings (SSSR count). The molecule has 4 aromatic rings. The molecule has 0 radical (unpaired) electrons. The van der Waals surface area contributed by atoms with Crippen molar-refractivity contribution in [3.05, 3.63) is 129 Å². The number of carbonyl (C=O) groups excluding carboxylic acids is 2. The first-order valence-corrected chi connectivity index (χ1v) is 17.1. The maximum atomic E-state index is 14.6. The number of hydrogen-bond acceptors (Lipinski definition) is 7. The van der Waals surface area contributed by atoms with E-state index in [0.29, 0.717) is 18.5 Å². The summed E-state index contributed by atoms with van der Waals surface area (Å²) in [4.78, 5) is 40.2. The number of benzene rings is 4. The Kier molecular flexibility index (Phi) is 12.3. The normalized spacial score (nSPS) is 11.8. The van der Waals surface area contributed by atoms with Crippen molar-refractivity contribution in [1.29, 1.82) is 0 Å². The monoisotopic (exact) mass is 710 g/mol. The van der Waals surface area contributed by atoms with E-state index in [0.717, 1.165) is 15.9 Å². The lowest BCUT2D eigenvalue weighted by molar-refractivity contribution is -0.385. The van der Waals surface area contributed by atoms with E-state index < -0.39 is 55.7 Å². The van der Waals surface area contributed by atoms with E-state index in [9.17, 15) is 32.5 Å². The number of rotatable bonds is 15. The van der Waals surface area contributed by atoms with Gasteiger partial charge in [-0.05, 0) is 60.9 Å². The van der Waals surface area contributed by atoms with Gasteiger partial charge in [0.1, 0.15) is 24.2 Å². The molecule has 4 aromatic carbocycles. The summed E-state index contributed by atoms with van der Waals surface area (Å²) >= 11 is 6.31. The number of ether oxygens (including phenoxy) is 1. The molecule has 2 amide bonds. The number of hydrogen-bond donors (Lipinski definition) is 1. The van der Waals surface area contributed by atoms with Crippen LogP contribution >= 0.6 is 11.6 Å². The first-order chi connectivity index (χ1) is 23.3. The smallest absolute Gasteiger partial charge is 0.273 e. The fourth-order valence-corrected chi connectivity index (χ4v) is 6.75. The molecule has 1 N–H and O–H groups in total. The summed E-state index contributed by atoms with van der Waals surface area (Å²) in [6.45, 7) is 2.65. The van der Waals surface area contributed by atoms with Gasteiger partial charge in [0.15, 0.2) is 0 Å². The van der Waals surface area contributed by atoms with Crippen molar-refractivity contribution >= 4 is 44.8 Å². The number of aryl methyl sites for hydroxylation is 1. The average molecular weight is 711 g/mol. The maximum absolute atomic E-state index is 14.6. The number of nitro groups is 1. The van der Waals surface area contributed by atoms with Crippen LogP contribution < -0.4 is 14.4 Å². The van der Waals surface area contributed by atoms with Crippen molar-refractivity contribution in [1.82, 2.24) is 10.2 Å². The minimum atomic E-state index is -4.71. The van der Waals surface area contributed by atoms with Crippen LogP contribution in [0.15, 0.2) is 95.9 Å². The maximum Gasteiger partial charge on any atom is 0.273 e. The molecule has 258 valence electrons. The number of halogens is 2. The molecule has 0 aliphatic rings. The Bertz CT molecular complexity index is 1910.